The van der Waals surface area contributed by atoms with Gasteiger partial charge in [0, 0.05) is 18.2 Å². The first-order valence-corrected chi connectivity index (χ1v) is 7.05. The molecule has 1 unspecified atom stereocenters. The van der Waals surface area contributed by atoms with Crippen LogP contribution >= 0.6 is 11.6 Å². The zero-order valence-corrected chi connectivity index (χ0v) is 11.9. The Morgan fingerprint density at radius 3 is 2.85 bits per heavy atom. The fourth-order valence-electron chi connectivity index (χ4n) is 2.08. The summed E-state index contributed by atoms with van der Waals surface area (Å²) in [5.41, 5.74) is 0.919. The molecule has 0 spiro atoms. The predicted octanol–water partition coefficient (Wildman–Crippen LogP) is 4.32. The monoisotopic (exact) mass is 291 g/mol. The molecule has 2 aromatic rings. The van der Waals surface area contributed by atoms with Gasteiger partial charge in [-0.1, -0.05) is 17.7 Å². The lowest BCUT2D eigenvalue weighted by Crippen LogP contribution is -2.09. The van der Waals surface area contributed by atoms with Crippen molar-refractivity contribution >= 4 is 17.4 Å². The molecule has 1 atom stereocenters. The van der Waals surface area contributed by atoms with Crippen molar-refractivity contribution in [2.45, 2.75) is 31.7 Å². The molecule has 0 radical (unpaired) electrons. The van der Waals surface area contributed by atoms with Crippen molar-refractivity contribution < 1.29 is 4.39 Å². The van der Waals surface area contributed by atoms with Crippen molar-refractivity contribution in [3.63, 3.8) is 0 Å². The highest BCUT2D eigenvalue weighted by Crippen LogP contribution is 2.38. The fourth-order valence-corrected chi connectivity index (χ4v) is 2.27. The molecule has 3 rings (SSSR count). The zero-order chi connectivity index (χ0) is 14.1. The first-order chi connectivity index (χ1) is 9.63. The van der Waals surface area contributed by atoms with Crippen LogP contribution in [0, 0.1) is 5.82 Å². The van der Waals surface area contributed by atoms with E-state index in [0.717, 1.165) is 17.2 Å². The Kier molecular flexibility index (Phi) is 3.57. The van der Waals surface area contributed by atoms with Gasteiger partial charge in [-0.2, -0.15) is 0 Å². The smallest absolute Gasteiger partial charge is 0.141 e. The molecule has 1 saturated carbocycles. The van der Waals surface area contributed by atoms with E-state index in [1.807, 2.05) is 13.0 Å². The zero-order valence-electron chi connectivity index (χ0n) is 11.1. The van der Waals surface area contributed by atoms with Crippen LogP contribution in [-0.4, -0.2) is 9.97 Å². The van der Waals surface area contributed by atoms with Crippen LogP contribution in [0.1, 0.15) is 43.1 Å². The van der Waals surface area contributed by atoms with E-state index in [1.165, 1.54) is 18.9 Å². The average molecular weight is 292 g/mol. The number of anilines is 1. The van der Waals surface area contributed by atoms with E-state index in [0.29, 0.717) is 5.92 Å². The number of halogens is 2. The lowest BCUT2D eigenvalue weighted by atomic mass is 10.1. The van der Waals surface area contributed by atoms with E-state index in [-0.39, 0.29) is 11.1 Å². The van der Waals surface area contributed by atoms with Crippen LogP contribution in [0.4, 0.5) is 10.2 Å². The summed E-state index contributed by atoms with van der Waals surface area (Å²) in [5.74, 6) is 1.81. The van der Waals surface area contributed by atoms with Gasteiger partial charge in [0.2, 0.25) is 0 Å². The number of nitrogens with zero attached hydrogens (tertiary/aromatic N) is 2. The predicted molar refractivity (Wildman–Crippen MR) is 77.5 cm³/mol. The fraction of sp³-hybridized carbons (Fsp3) is 0.333. The summed E-state index contributed by atoms with van der Waals surface area (Å²) in [5, 5.41) is 3.43. The highest BCUT2D eigenvalue weighted by atomic mass is 35.5. The van der Waals surface area contributed by atoms with Crippen molar-refractivity contribution in [1.82, 2.24) is 9.97 Å². The molecule has 1 aromatic heterocycles. The van der Waals surface area contributed by atoms with Gasteiger partial charge in [-0.15, -0.1) is 0 Å². The highest BCUT2D eigenvalue weighted by Gasteiger charge is 2.26. The van der Waals surface area contributed by atoms with E-state index in [2.05, 4.69) is 15.3 Å². The third-order valence-corrected chi connectivity index (χ3v) is 3.71. The van der Waals surface area contributed by atoms with Gasteiger partial charge in [-0.05, 0) is 43.5 Å². The quantitative estimate of drug-likeness (QED) is 0.911. The number of aromatic nitrogens is 2. The minimum absolute atomic E-state index is 0.00458. The van der Waals surface area contributed by atoms with Crippen LogP contribution in [0.25, 0.3) is 0 Å². The molecule has 0 saturated heterocycles. The lowest BCUT2D eigenvalue weighted by molar-refractivity contribution is 0.627. The van der Waals surface area contributed by atoms with Crippen molar-refractivity contribution in [2.75, 3.05) is 5.32 Å². The summed E-state index contributed by atoms with van der Waals surface area (Å²) in [6, 6.07) is 6.58. The van der Waals surface area contributed by atoms with Crippen molar-refractivity contribution in [2.24, 2.45) is 0 Å². The van der Waals surface area contributed by atoms with E-state index in [9.17, 15) is 4.39 Å². The number of hydrogen-bond acceptors (Lipinski definition) is 3. The maximum Gasteiger partial charge on any atom is 0.141 e. The SMILES string of the molecule is CC(Nc1ccnc(C2CC2)n1)c1ccc(F)c(Cl)c1. The van der Waals surface area contributed by atoms with Crippen LogP contribution in [0.15, 0.2) is 30.5 Å². The van der Waals surface area contributed by atoms with Gasteiger partial charge in [0.05, 0.1) is 5.02 Å². The number of hydrogen-bond donors (Lipinski definition) is 1. The highest BCUT2D eigenvalue weighted by molar-refractivity contribution is 6.30. The van der Waals surface area contributed by atoms with Gasteiger partial charge < -0.3 is 5.32 Å². The Bertz CT molecular complexity index is 628. The van der Waals surface area contributed by atoms with E-state index in [4.69, 9.17) is 11.6 Å². The molecule has 1 aromatic carbocycles. The number of benzene rings is 1. The van der Waals surface area contributed by atoms with Crippen molar-refractivity contribution in [3.8, 4) is 0 Å². The molecular formula is C15H15ClFN3. The van der Waals surface area contributed by atoms with Gasteiger partial charge in [0.1, 0.15) is 17.5 Å². The standard InChI is InChI=1S/C15H15ClFN3/c1-9(11-4-5-13(17)12(16)8-11)19-14-6-7-18-15(20-14)10-2-3-10/h4-10H,2-3H2,1H3,(H,18,19,20). The molecule has 1 heterocycles. The third-order valence-electron chi connectivity index (χ3n) is 3.42. The van der Waals surface area contributed by atoms with Gasteiger partial charge in [0.15, 0.2) is 0 Å². The van der Waals surface area contributed by atoms with Crippen LogP contribution in [0.5, 0.6) is 0 Å². The number of rotatable bonds is 4. The summed E-state index contributed by atoms with van der Waals surface area (Å²) in [7, 11) is 0. The van der Waals surface area contributed by atoms with Gasteiger partial charge >= 0.3 is 0 Å². The van der Waals surface area contributed by atoms with Crippen LogP contribution in [0.2, 0.25) is 5.02 Å². The van der Waals surface area contributed by atoms with Crippen molar-refractivity contribution in [1.29, 1.82) is 0 Å². The molecule has 1 aliphatic carbocycles. The summed E-state index contributed by atoms with van der Waals surface area (Å²) < 4.78 is 13.2. The summed E-state index contributed by atoms with van der Waals surface area (Å²) in [6.07, 6.45) is 4.12. The normalized spacial score (nSPS) is 15.9. The van der Waals surface area contributed by atoms with E-state index < -0.39 is 5.82 Å². The second kappa shape index (κ2) is 5.37. The number of nitrogens with one attached hydrogen (secondary N) is 1. The molecule has 104 valence electrons. The maximum absolute atomic E-state index is 13.2. The molecule has 1 fully saturated rings. The van der Waals surface area contributed by atoms with Gasteiger partial charge in [-0.25, -0.2) is 14.4 Å². The first kappa shape index (κ1) is 13.3. The molecule has 0 aliphatic heterocycles. The van der Waals surface area contributed by atoms with E-state index in [1.54, 1.807) is 18.3 Å². The summed E-state index contributed by atoms with van der Waals surface area (Å²) in [6.45, 7) is 1.99. The second-order valence-corrected chi connectivity index (χ2v) is 5.52. The molecule has 1 N–H and O–H groups in total. The Morgan fingerprint density at radius 1 is 1.35 bits per heavy atom. The summed E-state index contributed by atoms with van der Waals surface area (Å²) >= 11 is 5.81. The van der Waals surface area contributed by atoms with Crippen molar-refractivity contribution in [3.05, 3.63) is 52.7 Å². The minimum atomic E-state index is -0.402. The Morgan fingerprint density at radius 2 is 2.15 bits per heavy atom. The van der Waals surface area contributed by atoms with Crippen LogP contribution < -0.4 is 5.32 Å². The first-order valence-electron chi connectivity index (χ1n) is 6.68. The minimum Gasteiger partial charge on any atom is -0.363 e. The topological polar surface area (TPSA) is 37.8 Å². The molecule has 1 aliphatic rings. The molecule has 5 heteroatoms. The Balaban J connectivity index is 1.76. The second-order valence-electron chi connectivity index (χ2n) is 5.11. The maximum atomic E-state index is 13.2. The summed E-state index contributed by atoms with van der Waals surface area (Å²) in [4.78, 5) is 8.80. The van der Waals surface area contributed by atoms with Crippen LogP contribution in [0.3, 0.4) is 0 Å². The molecule has 20 heavy (non-hydrogen) atoms. The lowest BCUT2D eigenvalue weighted by Gasteiger charge is -2.15. The Hall–Kier alpha value is -1.68. The largest absolute Gasteiger partial charge is 0.363 e. The average Bonchev–Trinajstić information content (AvgIpc) is 3.26. The molecular weight excluding hydrogens is 277 g/mol. The van der Waals surface area contributed by atoms with Crippen LogP contribution in [-0.2, 0) is 0 Å². The molecule has 0 amide bonds. The van der Waals surface area contributed by atoms with Gasteiger partial charge in [0.25, 0.3) is 0 Å². The molecule has 0 bridgehead atoms. The van der Waals surface area contributed by atoms with E-state index >= 15 is 0 Å². The Labute approximate surface area is 122 Å². The third kappa shape index (κ3) is 2.90. The van der Waals surface area contributed by atoms with Gasteiger partial charge in [-0.3, -0.25) is 0 Å². The molecule has 3 nitrogen and oxygen atoms in total.